The van der Waals surface area contributed by atoms with Crippen LogP contribution in [0.25, 0.3) is 0 Å². The van der Waals surface area contributed by atoms with Crippen molar-refractivity contribution in [2.45, 2.75) is 25.3 Å². The molecule has 2 atom stereocenters. The monoisotopic (exact) mass is 379 g/mol. The van der Waals surface area contributed by atoms with E-state index in [0.29, 0.717) is 24.6 Å². The van der Waals surface area contributed by atoms with Gasteiger partial charge in [-0.05, 0) is 62.4 Å². The summed E-state index contributed by atoms with van der Waals surface area (Å²) < 4.78 is 5.45. The van der Waals surface area contributed by atoms with Crippen molar-refractivity contribution in [1.82, 2.24) is 16.0 Å². The fraction of sp³-hybridized carbons (Fsp3) is 0.579. The summed E-state index contributed by atoms with van der Waals surface area (Å²) >= 11 is 1.66. The minimum Gasteiger partial charge on any atom is -0.484 e. The molecular formula is C19H29N3O3S. The molecule has 2 rings (SSSR count). The molecule has 6 nitrogen and oxygen atoms in total. The van der Waals surface area contributed by atoms with Gasteiger partial charge < -0.3 is 20.7 Å². The van der Waals surface area contributed by atoms with Crippen molar-refractivity contribution in [3.8, 4) is 5.75 Å². The molecule has 0 aliphatic carbocycles. The predicted octanol–water partition coefficient (Wildman–Crippen LogP) is 1.42. The van der Waals surface area contributed by atoms with Gasteiger partial charge in [-0.3, -0.25) is 9.59 Å². The topological polar surface area (TPSA) is 79.5 Å². The van der Waals surface area contributed by atoms with Gasteiger partial charge in [-0.25, -0.2) is 0 Å². The number of piperidine rings is 1. The Labute approximate surface area is 159 Å². The third kappa shape index (κ3) is 7.66. The number of carbonyl (C=O) groups excluding carboxylic acids is 2. The lowest BCUT2D eigenvalue weighted by Gasteiger charge is -2.24. The molecule has 3 N–H and O–H groups in total. The zero-order valence-corrected chi connectivity index (χ0v) is 16.1. The molecule has 0 spiro atoms. The van der Waals surface area contributed by atoms with Crippen molar-refractivity contribution in [1.29, 1.82) is 0 Å². The van der Waals surface area contributed by atoms with Gasteiger partial charge in [0.2, 0.25) is 5.91 Å². The van der Waals surface area contributed by atoms with E-state index >= 15 is 0 Å². The van der Waals surface area contributed by atoms with Gasteiger partial charge in [0.1, 0.15) is 11.8 Å². The number of hydrogen-bond donors (Lipinski definition) is 3. The van der Waals surface area contributed by atoms with Crippen LogP contribution in [0.3, 0.4) is 0 Å². The van der Waals surface area contributed by atoms with Crippen LogP contribution in [0, 0.1) is 5.92 Å². The van der Waals surface area contributed by atoms with Gasteiger partial charge in [0.05, 0.1) is 0 Å². The molecule has 0 aromatic heterocycles. The molecule has 1 fully saturated rings. The van der Waals surface area contributed by atoms with Crippen LogP contribution in [0.5, 0.6) is 5.75 Å². The first-order valence-corrected chi connectivity index (χ1v) is 10.5. The lowest BCUT2D eigenvalue weighted by atomic mass is 9.99. The van der Waals surface area contributed by atoms with E-state index in [2.05, 4.69) is 16.0 Å². The summed E-state index contributed by atoms with van der Waals surface area (Å²) in [6.07, 6.45) is 4.86. The average Bonchev–Trinajstić information content (AvgIpc) is 2.69. The second-order valence-corrected chi connectivity index (χ2v) is 7.45. The Kier molecular flexibility index (Phi) is 9.34. The van der Waals surface area contributed by atoms with Crippen LogP contribution in [-0.2, 0) is 9.59 Å². The Balaban J connectivity index is 1.78. The fourth-order valence-corrected chi connectivity index (χ4v) is 3.34. The molecule has 0 saturated carbocycles. The van der Waals surface area contributed by atoms with Crippen molar-refractivity contribution >= 4 is 23.6 Å². The molecule has 1 heterocycles. The zero-order chi connectivity index (χ0) is 18.6. The summed E-state index contributed by atoms with van der Waals surface area (Å²) in [6, 6.07) is 8.65. The molecule has 1 aliphatic heterocycles. The Morgan fingerprint density at radius 1 is 1.35 bits per heavy atom. The molecule has 1 saturated heterocycles. The first kappa shape index (κ1) is 20.6. The van der Waals surface area contributed by atoms with Crippen molar-refractivity contribution in [3.05, 3.63) is 30.3 Å². The molecular weight excluding hydrogens is 350 g/mol. The minimum atomic E-state index is -0.522. The van der Waals surface area contributed by atoms with Crippen molar-refractivity contribution in [2.75, 3.05) is 38.2 Å². The average molecular weight is 380 g/mol. The molecule has 26 heavy (non-hydrogen) atoms. The Hall–Kier alpha value is -1.73. The fourth-order valence-electron chi connectivity index (χ4n) is 2.87. The molecule has 0 radical (unpaired) electrons. The molecule has 2 amide bonds. The lowest BCUT2D eigenvalue weighted by molar-refractivity contribution is -0.130. The molecule has 1 aliphatic rings. The maximum absolute atomic E-state index is 12.5. The van der Waals surface area contributed by atoms with E-state index in [1.54, 1.807) is 23.9 Å². The number of para-hydroxylation sites is 1. The summed E-state index contributed by atoms with van der Waals surface area (Å²) in [5.41, 5.74) is 0. The SMILES string of the molecule is CSCCC(NC(=O)COc1ccccc1)C(=O)NCC1CCCNC1. The van der Waals surface area contributed by atoms with E-state index in [0.717, 1.165) is 31.7 Å². The van der Waals surface area contributed by atoms with Gasteiger partial charge in [-0.1, -0.05) is 18.2 Å². The highest BCUT2D eigenvalue weighted by Gasteiger charge is 2.22. The van der Waals surface area contributed by atoms with E-state index in [4.69, 9.17) is 4.74 Å². The summed E-state index contributed by atoms with van der Waals surface area (Å²) in [6.45, 7) is 2.54. The van der Waals surface area contributed by atoms with E-state index in [1.807, 2.05) is 24.5 Å². The number of thioether (sulfide) groups is 1. The van der Waals surface area contributed by atoms with Crippen molar-refractivity contribution < 1.29 is 14.3 Å². The second kappa shape index (κ2) is 11.8. The molecule has 0 bridgehead atoms. The standard InChI is InChI=1S/C19H29N3O3S/c1-26-11-9-17(19(24)21-13-15-6-5-10-20-12-15)22-18(23)14-25-16-7-3-2-4-8-16/h2-4,7-8,15,17,20H,5-6,9-14H2,1H3,(H,21,24)(H,22,23). The van der Waals surface area contributed by atoms with Gasteiger partial charge in [0.25, 0.3) is 5.91 Å². The highest BCUT2D eigenvalue weighted by Crippen LogP contribution is 2.09. The maximum Gasteiger partial charge on any atom is 0.258 e. The number of nitrogens with one attached hydrogen (secondary N) is 3. The summed E-state index contributed by atoms with van der Waals surface area (Å²) in [5, 5.41) is 9.15. The number of carbonyl (C=O) groups is 2. The van der Waals surface area contributed by atoms with Gasteiger partial charge in [0.15, 0.2) is 6.61 Å². The van der Waals surface area contributed by atoms with Crippen LogP contribution in [0.2, 0.25) is 0 Å². The van der Waals surface area contributed by atoms with Gasteiger partial charge in [-0.15, -0.1) is 0 Å². The van der Waals surface area contributed by atoms with Gasteiger partial charge >= 0.3 is 0 Å². The van der Waals surface area contributed by atoms with Crippen LogP contribution in [0.4, 0.5) is 0 Å². The predicted molar refractivity (Wildman–Crippen MR) is 105 cm³/mol. The van der Waals surface area contributed by atoms with E-state index in [-0.39, 0.29) is 18.4 Å². The third-order valence-electron chi connectivity index (χ3n) is 4.34. The summed E-state index contributed by atoms with van der Waals surface area (Å²) in [5.74, 6) is 1.51. The normalized spacial score (nSPS) is 18.0. The molecule has 1 aromatic carbocycles. The summed E-state index contributed by atoms with van der Waals surface area (Å²) in [7, 11) is 0. The molecule has 7 heteroatoms. The Morgan fingerprint density at radius 2 is 2.15 bits per heavy atom. The lowest BCUT2D eigenvalue weighted by Crippen LogP contribution is -2.50. The minimum absolute atomic E-state index is 0.0976. The van der Waals surface area contributed by atoms with Crippen molar-refractivity contribution in [3.63, 3.8) is 0 Å². The Bertz CT molecular complexity index is 550. The zero-order valence-electron chi connectivity index (χ0n) is 15.3. The van der Waals surface area contributed by atoms with Crippen LogP contribution in [0.15, 0.2) is 30.3 Å². The van der Waals surface area contributed by atoms with Crippen LogP contribution in [-0.4, -0.2) is 56.1 Å². The quantitative estimate of drug-likeness (QED) is 0.573. The van der Waals surface area contributed by atoms with Crippen LogP contribution in [0.1, 0.15) is 19.3 Å². The maximum atomic E-state index is 12.5. The molecule has 1 aromatic rings. The number of ether oxygens (including phenoxy) is 1. The molecule has 2 unspecified atom stereocenters. The van der Waals surface area contributed by atoms with Crippen LogP contribution < -0.4 is 20.7 Å². The highest BCUT2D eigenvalue weighted by molar-refractivity contribution is 7.98. The first-order chi connectivity index (χ1) is 12.7. The van der Waals surface area contributed by atoms with E-state index in [1.165, 1.54) is 0 Å². The smallest absolute Gasteiger partial charge is 0.258 e. The Morgan fingerprint density at radius 3 is 2.85 bits per heavy atom. The highest BCUT2D eigenvalue weighted by atomic mass is 32.2. The van der Waals surface area contributed by atoms with Gasteiger partial charge in [-0.2, -0.15) is 11.8 Å². The summed E-state index contributed by atoms with van der Waals surface area (Å²) in [4.78, 5) is 24.7. The number of hydrogen-bond acceptors (Lipinski definition) is 5. The van der Waals surface area contributed by atoms with Crippen molar-refractivity contribution in [2.24, 2.45) is 5.92 Å². The largest absolute Gasteiger partial charge is 0.484 e. The number of rotatable bonds is 10. The van der Waals surface area contributed by atoms with E-state index in [9.17, 15) is 9.59 Å². The first-order valence-electron chi connectivity index (χ1n) is 9.13. The van der Waals surface area contributed by atoms with Gasteiger partial charge in [0, 0.05) is 6.54 Å². The second-order valence-electron chi connectivity index (χ2n) is 6.46. The van der Waals surface area contributed by atoms with E-state index < -0.39 is 6.04 Å². The van der Waals surface area contributed by atoms with Crippen LogP contribution >= 0.6 is 11.8 Å². The number of benzene rings is 1. The number of amides is 2. The molecule has 144 valence electrons. The third-order valence-corrected chi connectivity index (χ3v) is 4.98.